The first-order valence-electron chi connectivity index (χ1n) is 5.73. The highest BCUT2D eigenvalue weighted by molar-refractivity contribution is 7.89. The van der Waals surface area contributed by atoms with Crippen LogP contribution in [0.4, 0.5) is 0 Å². The van der Waals surface area contributed by atoms with Crippen LogP contribution in [0, 0.1) is 0 Å². The van der Waals surface area contributed by atoms with E-state index in [2.05, 4.69) is 4.72 Å². The van der Waals surface area contributed by atoms with Gasteiger partial charge in [0.15, 0.2) is 0 Å². The van der Waals surface area contributed by atoms with Crippen molar-refractivity contribution in [2.45, 2.75) is 4.90 Å². The molecule has 0 radical (unpaired) electrons. The Hall–Kier alpha value is -1.80. The van der Waals surface area contributed by atoms with E-state index >= 15 is 0 Å². The van der Waals surface area contributed by atoms with Crippen LogP contribution in [-0.2, 0) is 14.8 Å². The molecule has 8 heteroatoms. The van der Waals surface area contributed by atoms with Crippen LogP contribution in [-0.4, -0.2) is 54.1 Å². The van der Waals surface area contributed by atoms with Crippen molar-refractivity contribution in [1.82, 2.24) is 9.62 Å². The summed E-state index contributed by atoms with van der Waals surface area (Å²) in [7, 11) is 2.02. The molecule has 0 atom stereocenters. The topological polar surface area (TPSA) is 84.9 Å². The van der Waals surface area contributed by atoms with E-state index in [4.69, 9.17) is 9.47 Å². The molecular formula is C12H18N2O5S. The van der Waals surface area contributed by atoms with Crippen LogP contribution in [0.5, 0.6) is 11.5 Å². The lowest BCUT2D eigenvalue weighted by atomic mass is 10.3. The molecule has 0 aliphatic rings. The van der Waals surface area contributed by atoms with Crippen LogP contribution >= 0.6 is 0 Å². The minimum absolute atomic E-state index is 0.0779. The number of carbonyl (C=O) groups is 1. The highest BCUT2D eigenvalue weighted by Crippen LogP contribution is 2.27. The van der Waals surface area contributed by atoms with Crippen LogP contribution < -0.4 is 14.2 Å². The van der Waals surface area contributed by atoms with Gasteiger partial charge >= 0.3 is 0 Å². The van der Waals surface area contributed by atoms with Crippen LogP contribution in [0.1, 0.15) is 0 Å². The lowest BCUT2D eigenvalue weighted by Gasteiger charge is -2.13. The molecule has 0 saturated carbocycles. The Bertz CT molecular complexity index is 584. The van der Waals surface area contributed by atoms with Crippen molar-refractivity contribution >= 4 is 15.9 Å². The highest BCUT2D eigenvalue weighted by Gasteiger charge is 2.21. The van der Waals surface area contributed by atoms with E-state index in [-0.39, 0.29) is 23.1 Å². The molecular weight excluding hydrogens is 284 g/mol. The number of amides is 1. The number of ether oxygens (including phenoxy) is 2. The molecule has 7 nitrogen and oxygen atoms in total. The Kier molecular flexibility index (Phi) is 5.34. The third-order valence-corrected chi connectivity index (χ3v) is 3.99. The van der Waals surface area contributed by atoms with Crippen LogP contribution in [0.25, 0.3) is 0 Å². The zero-order chi connectivity index (χ0) is 15.3. The maximum atomic E-state index is 12.2. The van der Waals surface area contributed by atoms with Gasteiger partial charge in [0, 0.05) is 20.2 Å². The lowest BCUT2D eigenvalue weighted by molar-refractivity contribution is -0.127. The summed E-state index contributed by atoms with van der Waals surface area (Å²) in [5.74, 6) is 0.205. The molecule has 1 aromatic rings. The average molecular weight is 302 g/mol. The maximum Gasteiger partial charge on any atom is 0.244 e. The Morgan fingerprint density at radius 3 is 2.40 bits per heavy atom. The van der Waals surface area contributed by atoms with Crippen molar-refractivity contribution in [1.29, 1.82) is 0 Å². The number of carbonyl (C=O) groups excluding carboxylic acids is 1. The molecule has 0 aliphatic heterocycles. The highest BCUT2D eigenvalue weighted by atomic mass is 32.2. The molecule has 112 valence electrons. The third-order valence-electron chi connectivity index (χ3n) is 2.57. The summed E-state index contributed by atoms with van der Waals surface area (Å²) in [6.07, 6.45) is 0. The number of nitrogens with one attached hydrogen (secondary N) is 1. The second kappa shape index (κ2) is 6.58. The van der Waals surface area contributed by atoms with E-state index in [9.17, 15) is 13.2 Å². The van der Waals surface area contributed by atoms with Crippen LogP contribution in [0.2, 0.25) is 0 Å². The number of hydrogen-bond donors (Lipinski definition) is 1. The summed E-state index contributed by atoms with van der Waals surface area (Å²) in [5.41, 5.74) is 0. The fourth-order valence-corrected chi connectivity index (χ4v) is 2.54. The van der Waals surface area contributed by atoms with Gasteiger partial charge in [0.05, 0.1) is 20.8 Å². The first-order chi connectivity index (χ1) is 9.31. The SMILES string of the molecule is COc1ccc(OC)c(S(=O)(=O)NCC(=O)N(C)C)c1. The van der Waals surface area contributed by atoms with E-state index in [1.54, 1.807) is 20.2 Å². The van der Waals surface area contributed by atoms with E-state index in [1.165, 1.54) is 31.3 Å². The van der Waals surface area contributed by atoms with E-state index in [0.29, 0.717) is 5.75 Å². The van der Waals surface area contributed by atoms with Gasteiger partial charge in [-0.25, -0.2) is 13.1 Å². The van der Waals surface area contributed by atoms with Gasteiger partial charge in [-0.05, 0) is 12.1 Å². The summed E-state index contributed by atoms with van der Waals surface area (Å²) in [4.78, 5) is 12.7. The average Bonchev–Trinajstić information content (AvgIpc) is 2.43. The zero-order valence-electron chi connectivity index (χ0n) is 11.8. The largest absolute Gasteiger partial charge is 0.497 e. The zero-order valence-corrected chi connectivity index (χ0v) is 12.7. The molecule has 1 amide bonds. The van der Waals surface area contributed by atoms with Gasteiger partial charge < -0.3 is 14.4 Å². The summed E-state index contributed by atoms with van der Waals surface area (Å²) in [6.45, 7) is -0.324. The molecule has 0 unspecified atom stereocenters. The van der Waals surface area contributed by atoms with Gasteiger partial charge in [-0.2, -0.15) is 0 Å². The number of likely N-dealkylation sites (N-methyl/N-ethyl adjacent to an activating group) is 1. The molecule has 1 N–H and O–H groups in total. The van der Waals surface area contributed by atoms with Gasteiger partial charge in [-0.15, -0.1) is 0 Å². The predicted octanol–water partition coefficient (Wildman–Crippen LogP) is 0.0703. The van der Waals surface area contributed by atoms with Gasteiger partial charge in [-0.3, -0.25) is 4.79 Å². The second-order valence-electron chi connectivity index (χ2n) is 4.13. The van der Waals surface area contributed by atoms with E-state index in [1.807, 2.05) is 0 Å². The van der Waals surface area contributed by atoms with Crippen molar-refractivity contribution in [2.24, 2.45) is 0 Å². The van der Waals surface area contributed by atoms with Crippen LogP contribution in [0.3, 0.4) is 0 Å². The van der Waals surface area contributed by atoms with Crippen molar-refractivity contribution in [3.05, 3.63) is 18.2 Å². The Labute approximate surface area is 118 Å². The summed E-state index contributed by atoms with van der Waals surface area (Å²) in [5, 5.41) is 0. The molecule has 1 aromatic carbocycles. The van der Waals surface area contributed by atoms with Gasteiger partial charge in [0.2, 0.25) is 15.9 Å². The maximum absolute atomic E-state index is 12.2. The molecule has 1 rings (SSSR count). The number of rotatable bonds is 6. The number of sulfonamides is 1. The number of benzene rings is 1. The normalized spacial score (nSPS) is 11.0. The number of nitrogens with zero attached hydrogens (tertiary/aromatic N) is 1. The minimum Gasteiger partial charge on any atom is -0.497 e. The molecule has 0 aromatic heterocycles. The fraction of sp³-hybridized carbons (Fsp3) is 0.417. The smallest absolute Gasteiger partial charge is 0.244 e. The molecule has 20 heavy (non-hydrogen) atoms. The fourth-order valence-electron chi connectivity index (χ4n) is 1.39. The minimum atomic E-state index is -3.87. The van der Waals surface area contributed by atoms with Gasteiger partial charge in [0.25, 0.3) is 0 Å². The Balaban J connectivity index is 3.05. The quantitative estimate of drug-likeness (QED) is 0.804. The van der Waals surface area contributed by atoms with Crippen molar-refractivity contribution in [3.8, 4) is 11.5 Å². The summed E-state index contributed by atoms with van der Waals surface area (Å²) >= 11 is 0. The Morgan fingerprint density at radius 2 is 1.90 bits per heavy atom. The van der Waals surface area contributed by atoms with Gasteiger partial charge in [0.1, 0.15) is 16.4 Å². The summed E-state index contributed by atoms with van der Waals surface area (Å²) < 4.78 is 36.6. The first-order valence-corrected chi connectivity index (χ1v) is 7.22. The molecule has 0 saturated heterocycles. The predicted molar refractivity (Wildman–Crippen MR) is 73.4 cm³/mol. The van der Waals surface area contributed by atoms with Crippen molar-refractivity contribution in [3.63, 3.8) is 0 Å². The molecule has 0 bridgehead atoms. The third kappa shape index (κ3) is 3.84. The first kappa shape index (κ1) is 16.3. The lowest BCUT2D eigenvalue weighted by Crippen LogP contribution is -2.36. The van der Waals surface area contributed by atoms with Gasteiger partial charge in [-0.1, -0.05) is 0 Å². The Morgan fingerprint density at radius 1 is 1.25 bits per heavy atom. The monoisotopic (exact) mass is 302 g/mol. The molecule has 0 spiro atoms. The second-order valence-corrected chi connectivity index (χ2v) is 5.86. The van der Waals surface area contributed by atoms with E-state index < -0.39 is 10.0 Å². The number of hydrogen-bond acceptors (Lipinski definition) is 5. The standard InChI is InChI=1S/C12H18N2O5S/c1-14(2)12(15)8-13-20(16,17)11-7-9(18-3)5-6-10(11)19-4/h5-7,13H,8H2,1-4H3. The van der Waals surface area contributed by atoms with Crippen LogP contribution in [0.15, 0.2) is 23.1 Å². The number of methoxy groups -OCH3 is 2. The molecule has 0 fully saturated rings. The molecule has 0 heterocycles. The van der Waals surface area contributed by atoms with E-state index in [0.717, 1.165) is 0 Å². The summed E-state index contributed by atoms with van der Waals surface area (Å²) in [6, 6.07) is 4.41. The molecule has 0 aliphatic carbocycles. The van der Waals surface area contributed by atoms with Crippen molar-refractivity contribution in [2.75, 3.05) is 34.9 Å². The van der Waals surface area contributed by atoms with Crippen molar-refractivity contribution < 1.29 is 22.7 Å².